The third-order valence-corrected chi connectivity index (χ3v) is 0.839. The monoisotopic (exact) mass is 130 g/mol. The van der Waals surface area contributed by atoms with E-state index >= 15 is 0 Å². The van der Waals surface area contributed by atoms with Gasteiger partial charge in [-0.2, -0.15) is 0 Å². The largest absolute Gasteiger partial charge is 0.316 e. The van der Waals surface area contributed by atoms with Gasteiger partial charge in [-0.1, -0.05) is 19.8 Å². The molecule has 0 aliphatic carbocycles. The van der Waals surface area contributed by atoms with E-state index in [0.29, 0.717) is 6.61 Å². The molecule has 0 radical (unpaired) electrons. The van der Waals surface area contributed by atoms with Gasteiger partial charge in [-0.3, -0.25) is 5.26 Å². The van der Waals surface area contributed by atoms with E-state index in [0.717, 1.165) is 12.8 Å². The molecule has 0 amide bonds. The Hall–Kier alpha value is 0.686. The number of hydrogen-bond acceptors (Lipinski definition) is 2. The summed E-state index contributed by atoms with van der Waals surface area (Å²) in [4.78, 5) is 3.84. The van der Waals surface area contributed by atoms with E-state index < -0.39 is 0 Å². The summed E-state index contributed by atoms with van der Waals surface area (Å²) in [5.41, 5.74) is 0. The Labute approximate surface area is 66.3 Å². The Morgan fingerprint density at radius 3 is 2.38 bits per heavy atom. The predicted octanol–water partition coefficient (Wildman–Crippen LogP) is 0.750. The van der Waals surface area contributed by atoms with Gasteiger partial charge in [0.05, 0.1) is 6.61 Å². The summed E-state index contributed by atoms with van der Waals surface area (Å²) < 4.78 is 0. The van der Waals surface area contributed by atoms with E-state index in [1.54, 1.807) is 0 Å². The molecule has 0 fully saturated rings. The molecule has 0 aromatic heterocycles. The molecule has 0 saturated heterocycles. The van der Waals surface area contributed by atoms with Gasteiger partial charge in [-0.05, 0) is 6.42 Å². The van der Waals surface area contributed by atoms with Crippen LogP contribution in [0.15, 0.2) is 0 Å². The zero-order valence-corrected chi connectivity index (χ0v) is 4.68. The summed E-state index contributed by atoms with van der Waals surface area (Å²) in [5, 5.41) is 7.79. The van der Waals surface area contributed by atoms with Crippen LogP contribution in [0.3, 0.4) is 0 Å². The highest BCUT2D eigenvalue weighted by Crippen LogP contribution is 1.91. The third-order valence-electron chi connectivity index (χ3n) is 0.839. The van der Waals surface area contributed by atoms with Crippen LogP contribution in [0, 0.1) is 0 Å². The van der Waals surface area contributed by atoms with Crippen LogP contribution in [0.5, 0.6) is 0 Å². The molecule has 8 heavy (non-hydrogen) atoms. The first-order valence-corrected chi connectivity index (χ1v) is 2.68. The van der Waals surface area contributed by atoms with Crippen molar-refractivity contribution in [3.63, 3.8) is 0 Å². The third kappa shape index (κ3) is 9.84. The van der Waals surface area contributed by atoms with Crippen LogP contribution in [0.2, 0.25) is 0 Å². The molecule has 0 spiro atoms. The highest BCUT2D eigenvalue weighted by Gasteiger charge is 1.81. The summed E-state index contributed by atoms with van der Waals surface area (Å²) in [6.07, 6.45) is 3.27. The lowest BCUT2D eigenvalue weighted by atomic mass is 10.3. The SMILES string of the molecule is CCCCCOO.[MgH2]. The van der Waals surface area contributed by atoms with Crippen molar-refractivity contribution in [3.8, 4) is 0 Å². The Balaban J connectivity index is 0. The van der Waals surface area contributed by atoms with Crippen molar-refractivity contribution >= 4 is 23.1 Å². The van der Waals surface area contributed by atoms with Gasteiger partial charge in [-0.15, -0.1) is 0 Å². The maximum absolute atomic E-state index is 7.79. The molecule has 0 bridgehead atoms. The van der Waals surface area contributed by atoms with Crippen LogP contribution >= 0.6 is 0 Å². The first kappa shape index (κ1) is 11.5. The van der Waals surface area contributed by atoms with Gasteiger partial charge in [0.1, 0.15) is 0 Å². The molecule has 48 valence electrons. The average Bonchev–Trinajstić information content (AvgIpc) is 1.69. The molecule has 0 atom stereocenters. The fourth-order valence-corrected chi connectivity index (χ4v) is 0.417. The van der Waals surface area contributed by atoms with Gasteiger partial charge in [0.2, 0.25) is 0 Å². The molecular weight excluding hydrogens is 116 g/mol. The lowest BCUT2D eigenvalue weighted by Gasteiger charge is -1.90. The zero-order valence-electron chi connectivity index (χ0n) is 4.68. The zero-order chi connectivity index (χ0) is 5.54. The molecule has 0 aliphatic heterocycles. The Morgan fingerprint density at radius 2 is 2.00 bits per heavy atom. The van der Waals surface area contributed by atoms with Crippen LogP contribution in [0.1, 0.15) is 26.2 Å². The standard InChI is InChI=1S/C5H12O2.Mg.2H/c1-2-3-4-5-7-6;;;/h6H,2-5H2,1H3;;;. The molecule has 0 aromatic carbocycles. The predicted molar refractivity (Wildman–Crippen MR) is 36.6 cm³/mol. The molecule has 0 rings (SSSR count). The number of unbranched alkanes of at least 4 members (excludes halogenated alkanes) is 2. The van der Waals surface area contributed by atoms with E-state index in [9.17, 15) is 0 Å². The summed E-state index contributed by atoms with van der Waals surface area (Å²) >= 11 is 0. The topological polar surface area (TPSA) is 29.5 Å². The average molecular weight is 130 g/mol. The second-order valence-corrected chi connectivity index (χ2v) is 1.54. The first-order valence-electron chi connectivity index (χ1n) is 2.68. The lowest BCUT2D eigenvalue weighted by molar-refractivity contribution is -0.242. The second kappa shape index (κ2) is 10.6. The Kier molecular flexibility index (Phi) is 15.2. The minimum Gasteiger partial charge on any atom is -0.252 e. The summed E-state index contributed by atoms with van der Waals surface area (Å²) in [5.74, 6) is 0. The van der Waals surface area contributed by atoms with Gasteiger partial charge in [0, 0.05) is 0 Å². The van der Waals surface area contributed by atoms with Crippen molar-refractivity contribution < 1.29 is 10.1 Å². The van der Waals surface area contributed by atoms with Gasteiger partial charge < -0.3 is 0 Å². The van der Waals surface area contributed by atoms with Crippen LogP contribution in [0.25, 0.3) is 0 Å². The van der Waals surface area contributed by atoms with Gasteiger partial charge in [0.15, 0.2) is 0 Å². The quantitative estimate of drug-likeness (QED) is 0.263. The maximum Gasteiger partial charge on any atom is 0.316 e. The van der Waals surface area contributed by atoms with Crippen molar-refractivity contribution in [1.29, 1.82) is 0 Å². The minimum absolute atomic E-state index is 0. The van der Waals surface area contributed by atoms with Crippen molar-refractivity contribution in [1.82, 2.24) is 0 Å². The van der Waals surface area contributed by atoms with Crippen molar-refractivity contribution in [2.45, 2.75) is 26.2 Å². The molecule has 0 aromatic rings. The summed E-state index contributed by atoms with van der Waals surface area (Å²) in [6, 6.07) is 0. The molecule has 0 unspecified atom stereocenters. The molecule has 0 saturated carbocycles. The second-order valence-electron chi connectivity index (χ2n) is 1.54. The van der Waals surface area contributed by atoms with E-state index in [4.69, 9.17) is 5.26 Å². The normalized spacial score (nSPS) is 8.25. The molecule has 0 aliphatic rings. The van der Waals surface area contributed by atoms with Crippen LogP contribution in [-0.4, -0.2) is 34.9 Å². The molecule has 3 heteroatoms. The molecule has 0 heterocycles. The highest BCUT2D eigenvalue weighted by atomic mass is 24.3. The van der Waals surface area contributed by atoms with Crippen LogP contribution < -0.4 is 0 Å². The van der Waals surface area contributed by atoms with Crippen molar-refractivity contribution in [2.75, 3.05) is 6.61 Å². The van der Waals surface area contributed by atoms with Gasteiger partial charge >= 0.3 is 23.1 Å². The lowest BCUT2D eigenvalue weighted by Crippen LogP contribution is -1.86. The molecule has 2 nitrogen and oxygen atoms in total. The van der Waals surface area contributed by atoms with Crippen molar-refractivity contribution in [2.24, 2.45) is 0 Å². The fraction of sp³-hybridized carbons (Fsp3) is 1.00. The minimum atomic E-state index is 0. The van der Waals surface area contributed by atoms with E-state index in [1.807, 2.05) is 0 Å². The first-order chi connectivity index (χ1) is 3.41. The molecular formula is C5H14MgO2. The Morgan fingerprint density at radius 1 is 1.38 bits per heavy atom. The van der Waals surface area contributed by atoms with Crippen molar-refractivity contribution in [3.05, 3.63) is 0 Å². The summed E-state index contributed by atoms with van der Waals surface area (Å²) in [7, 11) is 0. The van der Waals surface area contributed by atoms with E-state index in [1.165, 1.54) is 6.42 Å². The smallest absolute Gasteiger partial charge is 0.252 e. The van der Waals surface area contributed by atoms with Crippen LogP contribution in [0.4, 0.5) is 0 Å². The van der Waals surface area contributed by atoms with Gasteiger partial charge in [-0.25, -0.2) is 4.89 Å². The van der Waals surface area contributed by atoms with Gasteiger partial charge in [0.25, 0.3) is 0 Å². The van der Waals surface area contributed by atoms with E-state index in [2.05, 4.69) is 11.8 Å². The van der Waals surface area contributed by atoms with E-state index in [-0.39, 0.29) is 23.1 Å². The number of hydrogen-bond donors (Lipinski definition) is 1. The summed E-state index contributed by atoms with van der Waals surface area (Å²) in [6.45, 7) is 2.59. The number of rotatable bonds is 4. The fourth-order valence-electron chi connectivity index (χ4n) is 0.417. The maximum atomic E-state index is 7.79. The highest BCUT2D eigenvalue weighted by molar-refractivity contribution is 5.75. The van der Waals surface area contributed by atoms with Crippen LogP contribution in [-0.2, 0) is 4.89 Å². The Bertz CT molecular complexity index is 29.6. The molecule has 1 N–H and O–H groups in total.